The van der Waals surface area contributed by atoms with Gasteiger partial charge in [-0.2, -0.15) is 9.40 Å². The third-order valence-electron chi connectivity index (χ3n) is 5.03. The number of hydrogen-bond acceptors (Lipinski definition) is 4. The Kier molecular flexibility index (Phi) is 5.14. The van der Waals surface area contributed by atoms with E-state index in [1.807, 2.05) is 32.0 Å². The number of benzene rings is 1. The molecular weight excluding hydrogens is 364 g/mol. The smallest absolute Gasteiger partial charge is 0.253 e. The lowest BCUT2D eigenvalue weighted by atomic mass is 10.1. The van der Waals surface area contributed by atoms with Crippen LogP contribution in [0, 0.1) is 27.7 Å². The van der Waals surface area contributed by atoms with Crippen molar-refractivity contribution in [2.24, 2.45) is 7.05 Å². The fraction of sp³-hybridized carbons (Fsp3) is 0.474. The third kappa shape index (κ3) is 3.64. The maximum Gasteiger partial charge on any atom is 0.253 e. The van der Waals surface area contributed by atoms with E-state index >= 15 is 0 Å². The molecule has 3 rings (SSSR count). The van der Waals surface area contributed by atoms with Crippen molar-refractivity contribution in [3.8, 4) is 0 Å². The maximum absolute atomic E-state index is 13.0. The Bertz CT molecular complexity index is 966. The average molecular weight is 391 g/mol. The quantitative estimate of drug-likeness (QED) is 0.801. The fourth-order valence-corrected chi connectivity index (χ4v) is 5.49. The molecule has 1 aromatic heterocycles. The molecule has 8 heteroatoms. The van der Waals surface area contributed by atoms with E-state index in [9.17, 15) is 13.2 Å². The highest BCUT2D eigenvalue weighted by molar-refractivity contribution is 7.89. The first-order valence-electron chi connectivity index (χ1n) is 8.99. The highest BCUT2D eigenvalue weighted by Crippen LogP contribution is 2.24. The average Bonchev–Trinajstić information content (AvgIpc) is 2.86. The van der Waals surface area contributed by atoms with Gasteiger partial charge in [0.15, 0.2) is 0 Å². The summed E-state index contributed by atoms with van der Waals surface area (Å²) in [5.74, 6) is -0.0485. The molecule has 1 aliphatic heterocycles. The van der Waals surface area contributed by atoms with Gasteiger partial charge in [-0.15, -0.1) is 0 Å². The molecule has 2 heterocycles. The lowest BCUT2D eigenvalue weighted by molar-refractivity contribution is 0.0697. The van der Waals surface area contributed by atoms with Gasteiger partial charge in [0.05, 0.1) is 11.4 Å². The Balaban J connectivity index is 1.76. The monoisotopic (exact) mass is 390 g/mol. The van der Waals surface area contributed by atoms with Crippen LogP contribution in [0.4, 0.5) is 0 Å². The number of sulfonamides is 1. The molecule has 0 bridgehead atoms. The summed E-state index contributed by atoms with van der Waals surface area (Å²) < 4.78 is 29.1. The molecule has 1 fully saturated rings. The molecule has 0 saturated carbocycles. The maximum atomic E-state index is 13.0. The number of nitrogens with zero attached hydrogens (tertiary/aromatic N) is 4. The van der Waals surface area contributed by atoms with Crippen LogP contribution in [0.2, 0.25) is 0 Å². The molecule has 0 aliphatic carbocycles. The Hall–Kier alpha value is -2.19. The summed E-state index contributed by atoms with van der Waals surface area (Å²) in [6, 6.07) is 5.78. The van der Waals surface area contributed by atoms with Crippen molar-refractivity contribution < 1.29 is 13.2 Å². The number of aryl methyl sites for hydroxylation is 4. The number of rotatable bonds is 3. The van der Waals surface area contributed by atoms with Crippen LogP contribution in [0.25, 0.3) is 0 Å². The van der Waals surface area contributed by atoms with E-state index < -0.39 is 10.0 Å². The first-order chi connectivity index (χ1) is 12.6. The summed E-state index contributed by atoms with van der Waals surface area (Å²) in [5.41, 5.74) is 3.87. The van der Waals surface area contributed by atoms with Crippen molar-refractivity contribution >= 4 is 15.9 Å². The predicted molar refractivity (Wildman–Crippen MR) is 103 cm³/mol. The standard InChI is InChI=1S/C19H26N4O3S/c1-13-10-14(2)12-17(11-13)19(24)22-6-8-23(9-7-22)27(25,26)18-15(3)20-21(5)16(18)4/h10-12H,6-9H2,1-5H3. The van der Waals surface area contributed by atoms with Crippen LogP contribution in [-0.2, 0) is 17.1 Å². The summed E-state index contributed by atoms with van der Waals surface area (Å²) in [4.78, 5) is 14.8. The molecule has 0 spiro atoms. The summed E-state index contributed by atoms with van der Waals surface area (Å²) in [6.07, 6.45) is 0. The van der Waals surface area contributed by atoms with E-state index in [0.29, 0.717) is 30.0 Å². The van der Waals surface area contributed by atoms with Crippen molar-refractivity contribution in [2.75, 3.05) is 26.2 Å². The van der Waals surface area contributed by atoms with Crippen molar-refractivity contribution in [3.63, 3.8) is 0 Å². The topological polar surface area (TPSA) is 75.5 Å². The van der Waals surface area contributed by atoms with E-state index in [1.54, 1.807) is 30.5 Å². The molecule has 27 heavy (non-hydrogen) atoms. The van der Waals surface area contributed by atoms with Gasteiger partial charge in [-0.3, -0.25) is 9.48 Å². The second kappa shape index (κ2) is 7.09. The van der Waals surface area contributed by atoms with Gasteiger partial charge in [0, 0.05) is 38.8 Å². The summed E-state index contributed by atoms with van der Waals surface area (Å²) >= 11 is 0. The van der Waals surface area contributed by atoms with Gasteiger partial charge in [0.25, 0.3) is 5.91 Å². The normalized spacial score (nSPS) is 16.0. The Labute approximate surface area is 160 Å². The van der Waals surface area contributed by atoms with Gasteiger partial charge >= 0.3 is 0 Å². The zero-order chi connectivity index (χ0) is 19.9. The van der Waals surface area contributed by atoms with Crippen molar-refractivity contribution in [3.05, 3.63) is 46.3 Å². The number of carbonyl (C=O) groups excluding carboxylic acids is 1. The second-order valence-electron chi connectivity index (χ2n) is 7.20. The zero-order valence-corrected chi connectivity index (χ0v) is 17.3. The van der Waals surface area contributed by atoms with E-state index in [-0.39, 0.29) is 23.9 Å². The van der Waals surface area contributed by atoms with Crippen LogP contribution >= 0.6 is 0 Å². The highest BCUT2D eigenvalue weighted by atomic mass is 32.2. The van der Waals surface area contributed by atoms with Gasteiger partial charge in [-0.25, -0.2) is 8.42 Å². The largest absolute Gasteiger partial charge is 0.336 e. The van der Waals surface area contributed by atoms with Gasteiger partial charge < -0.3 is 4.90 Å². The number of hydrogen-bond donors (Lipinski definition) is 0. The van der Waals surface area contributed by atoms with E-state index in [1.165, 1.54) is 4.31 Å². The van der Waals surface area contributed by atoms with Gasteiger partial charge in [0.1, 0.15) is 4.90 Å². The summed E-state index contributed by atoms with van der Waals surface area (Å²) in [6.45, 7) is 8.72. The third-order valence-corrected chi connectivity index (χ3v) is 7.19. The first kappa shape index (κ1) is 19.6. The molecular formula is C19H26N4O3S. The SMILES string of the molecule is Cc1cc(C)cc(C(=O)N2CCN(S(=O)(=O)c3c(C)nn(C)c3C)CC2)c1. The number of piperazine rings is 1. The molecule has 1 amide bonds. The van der Waals surface area contributed by atoms with Crippen LogP contribution in [-0.4, -0.2) is 59.5 Å². The molecule has 1 saturated heterocycles. The number of carbonyl (C=O) groups is 1. The Morgan fingerprint density at radius 1 is 0.963 bits per heavy atom. The molecule has 146 valence electrons. The lowest BCUT2D eigenvalue weighted by Crippen LogP contribution is -2.50. The van der Waals surface area contributed by atoms with Crippen LogP contribution in [0.1, 0.15) is 32.9 Å². The van der Waals surface area contributed by atoms with Gasteiger partial charge in [-0.1, -0.05) is 17.2 Å². The van der Waals surface area contributed by atoms with E-state index in [4.69, 9.17) is 0 Å². The molecule has 0 unspecified atom stereocenters. The predicted octanol–water partition coefficient (Wildman–Crippen LogP) is 1.80. The molecule has 7 nitrogen and oxygen atoms in total. The molecule has 0 N–H and O–H groups in total. The van der Waals surface area contributed by atoms with Crippen molar-refractivity contribution in [1.82, 2.24) is 19.0 Å². The van der Waals surface area contributed by atoms with Crippen LogP contribution < -0.4 is 0 Å². The van der Waals surface area contributed by atoms with Gasteiger partial charge in [-0.05, 0) is 39.8 Å². The molecule has 2 aromatic rings. The number of amides is 1. The van der Waals surface area contributed by atoms with E-state index in [0.717, 1.165) is 11.1 Å². The van der Waals surface area contributed by atoms with Crippen molar-refractivity contribution in [2.45, 2.75) is 32.6 Å². The first-order valence-corrected chi connectivity index (χ1v) is 10.4. The van der Waals surface area contributed by atoms with Crippen LogP contribution in [0.5, 0.6) is 0 Å². The zero-order valence-electron chi connectivity index (χ0n) is 16.5. The Morgan fingerprint density at radius 2 is 1.52 bits per heavy atom. The molecule has 1 aromatic carbocycles. The van der Waals surface area contributed by atoms with Crippen LogP contribution in [0.15, 0.2) is 23.1 Å². The highest BCUT2D eigenvalue weighted by Gasteiger charge is 2.34. The molecule has 0 atom stereocenters. The van der Waals surface area contributed by atoms with Crippen molar-refractivity contribution in [1.29, 1.82) is 0 Å². The number of aromatic nitrogens is 2. The van der Waals surface area contributed by atoms with Crippen LogP contribution in [0.3, 0.4) is 0 Å². The minimum atomic E-state index is -3.62. The van der Waals surface area contributed by atoms with E-state index in [2.05, 4.69) is 5.10 Å². The second-order valence-corrected chi connectivity index (χ2v) is 9.07. The summed E-state index contributed by atoms with van der Waals surface area (Å²) in [5, 5.41) is 4.22. The van der Waals surface area contributed by atoms with Gasteiger partial charge in [0.2, 0.25) is 10.0 Å². The fourth-order valence-electron chi connectivity index (χ4n) is 3.67. The molecule has 0 radical (unpaired) electrons. The summed E-state index contributed by atoms with van der Waals surface area (Å²) in [7, 11) is -1.88. The Morgan fingerprint density at radius 3 is 2.00 bits per heavy atom. The minimum absolute atomic E-state index is 0.0485. The minimum Gasteiger partial charge on any atom is -0.336 e. The lowest BCUT2D eigenvalue weighted by Gasteiger charge is -2.34. The molecule has 1 aliphatic rings.